The largest absolute Gasteiger partial charge is 0.376 e. The molecule has 1 aliphatic carbocycles. The van der Waals surface area contributed by atoms with Crippen molar-refractivity contribution in [1.82, 2.24) is 5.43 Å². The number of benzene rings is 1. The van der Waals surface area contributed by atoms with Gasteiger partial charge in [-0.2, -0.15) is 5.10 Å². The zero-order chi connectivity index (χ0) is 16.9. The quantitative estimate of drug-likeness (QED) is 0.774. The molecule has 1 amide bonds. The van der Waals surface area contributed by atoms with E-state index in [1.807, 2.05) is 30.3 Å². The molecule has 0 bridgehead atoms. The van der Waals surface area contributed by atoms with E-state index in [0.29, 0.717) is 0 Å². The Bertz CT molecular complexity index is 485. The van der Waals surface area contributed by atoms with Crippen LogP contribution in [0.15, 0.2) is 35.4 Å². The molecule has 0 aromatic heterocycles. The highest BCUT2D eigenvalue weighted by molar-refractivity contribution is 5.87. The lowest BCUT2D eigenvalue weighted by Crippen LogP contribution is -2.27. The highest BCUT2D eigenvalue weighted by Crippen LogP contribution is 2.15. The predicted molar refractivity (Wildman–Crippen MR) is 101 cm³/mol. The van der Waals surface area contributed by atoms with Crippen LogP contribution in [0.5, 0.6) is 0 Å². The van der Waals surface area contributed by atoms with Crippen LogP contribution in [0.25, 0.3) is 0 Å². The molecule has 1 fully saturated rings. The number of amides is 1. The van der Waals surface area contributed by atoms with Crippen molar-refractivity contribution >= 4 is 17.3 Å². The van der Waals surface area contributed by atoms with Gasteiger partial charge < -0.3 is 5.32 Å². The van der Waals surface area contributed by atoms with Crippen molar-refractivity contribution in [2.45, 2.75) is 70.6 Å². The molecule has 0 heterocycles. The molecule has 1 aromatic carbocycles. The van der Waals surface area contributed by atoms with Gasteiger partial charge in [-0.15, -0.1) is 0 Å². The first-order valence-corrected chi connectivity index (χ1v) is 9.48. The van der Waals surface area contributed by atoms with E-state index in [0.717, 1.165) is 24.2 Å². The Morgan fingerprint density at radius 3 is 1.96 bits per heavy atom. The van der Waals surface area contributed by atoms with E-state index in [1.54, 1.807) is 0 Å². The second-order valence-corrected chi connectivity index (χ2v) is 6.61. The van der Waals surface area contributed by atoms with Crippen molar-refractivity contribution in [3.63, 3.8) is 0 Å². The standard InChI is InChI=1S/C20H31N3O/c24-20(17-21-18-13-11-8-12-14-18)23-22-19-15-9-6-4-2-1-3-5-7-10-16-19/h8,11-14,21H,1-7,9-10,15-17H2,(H,23,24). The fourth-order valence-electron chi connectivity index (χ4n) is 3.05. The van der Waals surface area contributed by atoms with Gasteiger partial charge in [0.15, 0.2) is 0 Å². The zero-order valence-corrected chi connectivity index (χ0v) is 14.7. The molecule has 2 N–H and O–H groups in total. The van der Waals surface area contributed by atoms with Crippen molar-refractivity contribution in [3.05, 3.63) is 30.3 Å². The van der Waals surface area contributed by atoms with Gasteiger partial charge in [-0.3, -0.25) is 4.79 Å². The monoisotopic (exact) mass is 329 g/mol. The number of rotatable bonds is 4. The molecule has 132 valence electrons. The number of hydrazone groups is 1. The summed E-state index contributed by atoms with van der Waals surface area (Å²) in [6.45, 7) is 0.251. The number of hydrogen-bond donors (Lipinski definition) is 2. The average Bonchev–Trinajstić information content (AvgIpc) is 2.60. The number of nitrogens with zero attached hydrogens (tertiary/aromatic N) is 1. The lowest BCUT2D eigenvalue weighted by molar-refractivity contribution is -0.119. The van der Waals surface area contributed by atoms with Crippen molar-refractivity contribution in [1.29, 1.82) is 0 Å². The van der Waals surface area contributed by atoms with Crippen molar-refractivity contribution < 1.29 is 4.79 Å². The Morgan fingerprint density at radius 1 is 0.833 bits per heavy atom. The number of hydrogen-bond acceptors (Lipinski definition) is 3. The van der Waals surface area contributed by atoms with E-state index in [2.05, 4.69) is 15.8 Å². The molecule has 0 unspecified atom stereocenters. The van der Waals surface area contributed by atoms with E-state index in [4.69, 9.17) is 0 Å². The SMILES string of the molecule is O=C(CNc1ccccc1)NN=C1CCCCCCCCCCC1. The van der Waals surface area contributed by atoms with E-state index in [1.165, 1.54) is 57.8 Å². The van der Waals surface area contributed by atoms with Gasteiger partial charge in [0.1, 0.15) is 0 Å². The van der Waals surface area contributed by atoms with Gasteiger partial charge in [-0.25, -0.2) is 5.43 Å². The molecule has 2 rings (SSSR count). The molecule has 0 aliphatic heterocycles. The minimum absolute atomic E-state index is 0.0857. The minimum Gasteiger partial charge on any atom is -0.376 e. The van der Waals surface area contributed by atoms with E-state index < -0.39 is 0 Å². The van der Waals surface area contributed by atoms with Crippen LogP contribution in [0.4, 0.5) is 5.69 Å². The molecule has 4 nitrogen and oxygen atoms in total. The predicted octanol–water partition coefficient (Wildman–Crippen LogP) is 4.88. The fourth-order valence-corrected chi connectivity index (χ4v) is 3.05. The van der Waals surface area contributed by atoms with Crippen LogP contribution in [-0.4, -0.2) is 18.2 Å². The second-order valence-electron chi connectivity index (χ2n) is 6.61. The Labute approximate surface area is 146 Å². The zero-order valence-electron chi connectivity index (χ0n) is 14.7. The summed E-state index contributed by atoms with van der Waals surface area (Å²) in [4.78, 5) is 12.0. The minimum atomic E-state index is -0.0857. The van der Waals surface area contributed by atoms with Crippen LogP contribution in [0.2, 0.25) is 0 Å². The average molecular weight is 329 g/mol. The van der Waals surface area contributed by atoms with Crippen LogP contribution >= 0.6 is 0 Å². The third-order valence-corrected chi connectivity index (χ3v) is 4.50. The van der Waals surface area contributed by atoms with Crippen molar-refractivity contribution in [2.24, 2.45) is 5.10 Å². The van der Waals surface area contributed by atoms with Crippen LogP contribution in [0.1, 0.15) is 70.6 Å². The molecule has 1 aromatic rings. The molecular weight excluding hydrogens is 298 g/mol. The summed E-state index contributed by atoms with van der Waals surface area (Å²) >= 11 is 0. The second kappa shape index (κ2) is 11.7. The summed E-state index contributed by atoms with van der Waals surface area (Å²) in [5.41, 5.74) is 4.83. The molecule has 4 heteroatoms. The van der Waals surface area contributed by atoms with E-state index >= 15 is 0 Å². The van der Waals surface area contributed by atoms with Gasteiger partial charge in [-0.1, -0.05) is 63.1 Å². The molecule has 1 saturated carbocycles. The molecule has 0 atom stereocenters. The lowest BCUT2D eigenvalue weighted by atomic mass is 10.00. The number of carbonyl (C=O) groups is 1. The summed E-state index contributed by atoms with van der Waals surface area (Å²) in [5, 5.41) is 7.51. The van der Waals surface area contributed by atoms with Gasteiger partial charge in [0.25, 0.3) is 5.91 Å². The summed E-state index contributed by atoms with van der Waals surface area (Å²) in [6.07, 6.45) is 13.8. The molecule has 1 aliphatic rings. The highest BCUT2D eigenvalue weighted by atomic mass is 16.2. The molecule has 24 heavy (non-hydrogen) atoms. The molecule has 0 spiro atoms. The smallest absolute Gasteiger partial charge is 0.259 e. The number of nitrogens with one attached hydrogen (secondary N) is 2. The van der Waals surface area contributed by atoms with Crippen LogP contribution in [-0.2, 0) is 4.79 Å². The lowest BCUT2D eigenvalue weighted by Gasteiger charge is -2.10. The summed E-state index contributed by atoms with van der Waals surface area (Å²) in [7, 11) is 0. The van der Waals surface area contributed by atoms with E-state index in [9.17, 15) is 4.79 Å². The molecule has 0 saturated heterocycles. The van der Waals surface area contributed by atoms with Gasteiger partial charge in [0.2, 0.25) is 0 Å². The molecular formula is C20H31N3O. The normalized spacial score (nSPS) is 17.2. The maximum atomic E-state index is 12.0. The van der Waals surface area contributed by atoms with Gasteiger partial charge >= 0.3 is 0 Å². The summed E-state index contributed by atoms with van der Waals surface area (Å²) < 4.78 is 0. The van der Waals surface area contributed by atoms with Gasteiger partial charge in [0.05, 0.1) is 6.54 Å². The maximum Gasteiger partial charge on any atom is 0.259 e. The Balaban J connectivity index is 1.74. The van der Waals surface area contributed by atoms with E-state index in [-0.39, 0.29) is 12.5 Å². The summed E-state index contributed by atoms with van der Waals surface area (Å²) in [5.74, 6) is -0.0857. The Kier molecular flexibility index (Phi) is 8.99. The highest BCUT2D eigenvalue weighted by Gasteiger charge is 2.05. The third-order valence-electron chi connectivity index (χ3n) is 4.50. The summed E-state index contributed by atoms with van der Waals surface area (Å²) in [6, 6.07) is 9.76. The third kappa shape index (κ3) is 8.14. The Hall–Kier alpha value is -1.84. The first-order chi connectivity index (χ1) is 11.8. The topological polar surface area (TPSA) is 53.5 Å². The Morgan fingerprint density at radius 2 is 1.38 bits per heavy atom. The van der Waals surface area contributed by atoms with Gasteiger partial charge in [0, 0.05) is 11.4 Å². The maximum absolute atomic E-state index is 12.0. The number of para-hydroxylation sites is 1. The first-order valence-electron chi connectivity index (χ1n) is 9.48. The van der Waals surface area contributed by atoms with Crippen molar-refractivity contribution in [3.8, 4) is 0 Å². The van der Waals surface area contributed by atoms with Crippen molar-refractivity contribution in [2.75, 3.05) is 11.9 Å². The van der Waals surface area contributed by atoms with Crippen LogP contribution in [0.3, 0.4) is 0 Å². The molecule has 0 radical (unpaired) electrons. The van der Waals surface area contributed by atoms with Gasteiger partial charge in [-0.05, 0) is 37.8 Å². The first kappa shape index (κ1) is 18.5. The van der Waals surface area contributed by atoms with Crippen LogP contribution in [0, 0.1) is 0 Å². The number of anilines is 1. The number of carbonyl (C=O) groups excluding carboxylic acids is 1. The van der Waals surface area contributed by atoms with Crippen LogP contribution < -0.4 is 10.7 Å². The fraction of sp³-hybridized carbons (Fsp3) is 0.600.